The molecule has 0 bridgehead atoms. The zero-order valence-corrected chi connectivity index (χ0v) is 12.9. The Morgan fingerprint density at radius 1 is 1.06 bits per heavy atom. The van der Waals surface area contributed by atoms with Gasteiger partial charge in [-0.05, 0) is 30.1 Å². The van der Waals surface area contributed by atoms with Crippen LogP contribution in [-0.2, 0) is 6.42 Å². The minimum absolute atomic E-state index is 1.16. The van der Waals surface area contributed by atoms with Crippen LogP contribution >= 0.6 is 11.8 Å². The number of unbranched alkanes of at least 4 members (excludes halogenated alkanes) is 1. The molecule has 0 nitrogen and oxygen atoms in total. The molecule has 1 aromatic carbocycles. The molecular formula is C15H22SSi. The Bertz CT molecular complexity index is 367. The van der Waals surface area contributed by atoms with Crippen molar-refractivity contribution in [3.63, 3.8) is 0 Å². The van der Waals surface area contributed by atoms with Crippen molar-refractivity contribution < 1.29 is 0 Å². The van der Waals surface area contributed by atoms with Crippen LogP contribution in [0.15, 0.2) is 30.3 Å². The van der Waals surface area contributed by atoms with Crippen molar-refractivity contribution in [2.24, 2.45) is 0 Å². The number of hydrogen-bond acceptors (Lipinski definition) is 1. The van der Waals surface area contributed by atoms with Crippen LogP contribution in [0.2, 0.25) is 19.6 Å². The standard InChI is InChI=1S/C15H22SSi/c1-17(2,3)14-13-16-12-8-7-11-15-9-5-4-6-10-15/h4-6,9-10H,7-8,11-12H2,1-3H3. The maximum absolute atomic E-state index is 3.38. The molecule has 0 amide bonds. The first-order valence-corrected chi connectivity index (χ1v) is 10.7. The van der Waals surface area contributed by atoms with Gasteiger partial charge in [-0.25, -0.2) is 0 Å². The Hall–Kier alpha value is -0.653. The van der Waals surface area contributed by atoms with Gasteiger partial charge in [0.25, 0.3) is 0 Å². The highest BCUT2D eigenvalue weighted by Crippen LogP contribution is 2.08. The molecule has 1 rings (SSSR count). The summed E-state index contributed by atoms with van der Waals surface area (Å²) in [4.78, 5) is 0. The molecule has 1 aromatic rings. The Morgan fingerprint density at radius 2 is 1.76 bits per heavy atom. The lowest BCUT2D eigenvalue weighted by Crippen LogP contribution is -2.16. The van der Waals surface area contributed by atoms with Crippen LogP contribution in [0, 0.1) is 10.8 Å². The molecule has 0 aliphatic heterocycles. The van der Waals surface area contributed by atoms with Gasteiger partial charge < -0.3 is 0 Å². The molecule has 0 radical (unpaired) electrons. The summed E-state index contributed by atoms with van der Waals surface area (Å²) in [6.45, 7) is 6.86. The van der Waals surface area contributed by atoms with Gasteiger partial charge in [0.15, 0.2) is 0 Å². The quantitative estimate of drug-likeness (QED) is 0.425. The third-order valence-electron chi connectivity index (χ3n) is 2.30. The molecule has 0 spiro atoms. The molecule has 0 unspecified atom stereocenters. The van der Waals surface area contributed by atoms with Crippen LogP contribution in [-0.4, -0.2) is 13.8 Å². The van der Waals surface area contributed by atoms with Gasteiger partial charge in [0.05, 0.1) is 0 Å². The summed E-state index contributed by atoms with van der Waals surface area (Å²) in [7, 11) is -1.16. The van der Waals surface area contributed by atoms with Crippen molar-refractivity contribution in [1.82, 2.24) is 0 Å². The minimum Gasteiger partial charge on any atom is -0.120 e. The molecule has 0 aliphatic carbocycles. The normalized spacial score (nSPS) is 10.8. The first kappa shape index (κ1) is 14.4. The number of hydrogen-bond donors (Lipinski definition) is 0. The second kappa shape index (κ2) is 7.63. The van der Waals surface area contributed by atoms with Gasteiger partial charge in [-0.3, -0.25) is 0 Å². The van der Waals surface area contributed by atoms with Gasteiger partial charge in [-0.2, -0.15) is 0 Å². The molecule has 0 aliphatic rings. The van der Waals surface area contributed by atoms with E-state index in [9.17, 15) is 0 Å². The molecule has 92 valence electrons. The predicted octanol–water partition coefficient (Wildman–Crippen LogP) is 4.58. The molecule has 0 aromatic heterocycles. The van der Waals surface area contributed by atoms with E-state index in [-0.39, 0.29) is 0 Å². The van der Waals surface area contributed by atoms with E-state index in [4.69, 9.17) is 0 Å². The Kier molecular flexibility index (Phi) is 6.47. The molecule has 0 heterocycles. The molecule has 0 saturated carbocycles. The van der Waals surface area contributed by atoms with Gasteiger partial charge in [0.2, 0.25) is 0 Å². The monoisotopic (exact) mass is 262 g/mol. The smallest absolute Gasteiger partial charge is 0.120 e. The third-order valence-corrected chi connectivity index (χ3v) is 4.10. The molecule has 0 N–H and O–H groups in total. The molecule has 2 heteroatoms. The van der Waals surface area contributed by atoms with Gasteiger partial charge >= 0.3 is 0 Å². The van der Waals surface area contributed by atoms with Crippen LogP contribution in [0.4, 0.5) is 0 Å². The summed E-state index contributed by atoms with van der Waals surface area (Å²) in [5, 5.41) is 3.25. The van der Waals surface area contributed by atoms with E-state index >= 15 is 0 Å². The van der Waals surface area contributed by atoms with E-state index in [1.807, 2.05) is 0 Å². The lowest BCUT2D eigenvalue weighted by molar-refractivity contribution is 0.803. The van der Waals surface area contributed by atoms with Crippen molar-refractivity contribution in [2.75, 3.05) is 5.75 Å². The zero-order valence-electron chi connectivity index (χ0n) is 11.1. The van der Waals surface area contributed by atoms with Crippen molar-refractivity contribution >= 4 is 19.8 Å². The first-order chi connectivity index (χ1) is 8.08. The lowest BCUT2D eigenvalue weighted by atomic mass is 10.1. The molecular weight excluding hydrogens is 240 g/mol. The molecule has 0 saturated heterocycles. The second-order valence-electron chi connectivity index (χ2n) is 5.27. The first-order valence-electron chi connectivity index (χ1n) is 6.26. The largest absolute Gasteiger partial charge is 0.130 e. The summed E-state index contributed by atoms with van der Waals surface area (Å²) in [6.07, 6.45) is 3.73. The van der Waals surface area contributed by atoms with E-state index in [1.54, 1.807) is 11.8 Å². The summed E-state index contributed by atoms with van der Waals surface area (Å²) < 4.78 is 0. The third kappa shape index (κ3) is 8.12. The average molecular weight is 262 g/mol. The topological polar surface area (TPSA) is 0 Å². The van der Waals surface area contributed by atoms with E-state index < -0.39 is 8.07 Å². The van der Waals surface area contributed by atoms with E-state index in [0.717, 1.165) is 0 Å². The van der Waals surface area contributed by atoms with Crippen molar-refractivity contribution in [1.29, 1.82) is 0 Å². The van der Waals surface area contributed by atoms with Crippen molar-refractivity contribution in [3.05, 3.63) is 35.9 Å². The summed E-state index contributed by atoms with van der Waals surface area (Å²) in [5.74, 6) is 1.17. The van der Waals surface area contributed by atoms with Crippen LogP contribution in [0.3, 0.4) is 0 Å². The maximum Gasteiger partial charge on any atom is 0.130 e. The SMILES string of the molecule is C[Si](C)(C)C#CSCCCCc1ccccc1. The Morgan fingerprint density at radius 3 is 2.41 bits per heavy atom. The van der Waals surface area contributed by atoms with Crippen molar-refractivity contribution in [2.45, 2.75) is 38.9 Å². The van der Waals surface area contributed by atoms with E-state index in [0.29, 0.717) is 0 Å². The fourth-order valence-electron chi connectivity index (χ4n) is 1.39. The number of rotatable bonds is 5. The summed E-state index contributed by atoms with van der Waals surface area (Å²) in [5.41, 5.74) is 4.83. The zero-order chi connectivity index (χ0) is 12.6. The van der Waals surface area contributed by atoms with Crippen LogP contribution in [0.5, 0.6) is 0 Å². The molecule has 17 heavy (non-hydrogen) atoms. The number of aryl methyl sites for hydroxylation is 1. The Labute approximate surface area is 111 Å². The van der Waals surface area contributed by atoms with Gasteiger partial charge in [-0.1, -0.05) is 61.7 Å². The lowest BCUT2D eigenvalue weighted by Gasteiger charge is -2.03. The number of benzene rings is 1. The minimum atomic E-state index is -1.16. The molecule has 0 atom stereocenters. The van der Waals surface area contributed by atoms with Crippen LogP contribution in [0.1, 0.15) is 18.4 Å². The van der Waals surface area contributed by atoms with Gasteiger partial charge in [-0.15, -0.1) is 5.54 Å². The highest BCUT2D eigenvalue weighted by Gasteiger charge is 2.07. The maximum atomic E-state index is 3.38. The molecule has 0 fully saturated rings. The fourth-order valence-corrected chi connectivity index (χ4v) is 3.35. The highest BCUT2D eigenvalue weighted by molar-refractivity contribution is 8.03. The second-order valence-corrected chi connectivity index (χ2v) is 10.9. The number of thioether (sulfide) groups is 1. The van der Waals surface area contributed by atoms with Crippen LogP contribution < -0.4 is 0 Å². The van der Waals surface area contributed by atoms with E-state index in [2.05, 4.69) is 60.8 Å². The summed E-state index contributed by atoms with van der Waals surface area (Å²) in [6, 6.07) is 10.7. The average Bonchev–Trinajstić information content (AvgIpc) is 2.28. The summed E-state index contributed by atoms with van der Waals surface area (Å²) >= 11 is 1.79. The van der Waals surface area contributed by atoms with Crippen molar-refractivity contribution in [3.8, 4) is 10.8 Å². The van der Waals surface area contributed by atoms with Gasteiger partial charge in [0, 0.05) is 5.75 Å². The predicted molar refractivity (Wildman–Crippen MR) is 83.0 cm³/mol. The van der Waals surface area contributed by atoms with Gasteiger partial charge in [0.1, 0.15) is 8.07 Å². The fraction of sp³-hybridized carbons (Fsp3) is 0.467. The highest BCUT2D eigenvalue weighted by atomic mass is 32.2. The Balaban J connectivity index is 2.07. The van der Waals surface area contributed by atoms with E-state index in [1.165, 1.54) is 30.6 Å². The van der Waals surface area contributed by atoms with Crippen LogP contribution in [0.25, 0.3) is 0 Å².